The second-order valence-corrected chi connectivity index (χ2v) is 4.05. The molecule has 0 saturated heterocycles. The molecule has 1 heterocycles. The number of rotatable bonds is 2. The molecule has 0 aliphatic carbocycles. The van der Waals surface area contributed by atoms with Crippen LogP contribution in [0.1, 0.15) is 16.1 Å². The van der Waals surface area contributed by atoms with Crippen LogP contribution in [0.3, 0.4) is 0 Å². The maximum Gasteiger partial charge on any atom is 0.461 e. The molecule has 1 aromatic carbocycles. The number of hydrogen-bond donors (Lipinski definition) is 0. The molecule has 0 unspecified atom stereocenters. The highest BCUT2D eigenvalue weighted by atomic mass is 19.4. The number of ketones is 1. The topological polar surface area (TPSA) is 30.2 Å². The van der Waals surface area contributed by atoms with Crippen molar-refractivity contribution < 1.29 is 31.2 Å². The van der Waals surface area contributed by atoms with Gasteiger partial charge in [0.05, 0.1) is 0 Å². The molecule has 19 heavy (non-hydrogen) atoms. The number of benzene rings is 1. The normalized spacial score (nSPS) is 12.9. The zero-order chi connectivity index (χ0) is 14.4. The molecule has 0 radical (unpaired) electrons. The van der Waals surface area contributed by atoms with E-state index in [0.29, 0.717) is 5.39 Å². The standard InChI is InChI=1S/C12H7F5O2/c1-6-2-3-8-7(4-6)5-9(19-8)10(18)11(13,14)12(15,16)17/h2-5H,1H3. The lowest BCUT2D eigenvalue weighted by atomic mass is 10.1. The zero-order valence-corrected chi connectivity index (χ0v) is 9.52. The van der Waals surface area contributed by atoms with Crippen LogP contribution in [0.4, 0.5) is 22.0 Å². The maximum atomic E-state index is 12.9. The van der Waals surface area contributed by atoms with Gasteiger partial charge in [0.15, 0.2) is 5.76 Å². The van der Waals surface area contributed by atoms with E-state index in [1.807, 2.05) is 0 Å². The van der Waals surface area contributed by atoms with E-state index in [2.05, 4.69) is 0 Å². The van der Waals surface area contributed by atoms with Gasteiger partial charge in [0.2, 0.25) is 0 Å². The quantitative estimate of drug-likeness (QED) is 0.611. The van der Waals surface area contributed by atoms with E-state index in [1.54, 1.807) is 13.0 Å². The van der Waals surface area contributed by atoms with Gasteiger partial charge < -0.3 is 4.42 Å². The first kappa shape index (κ1) is 13.5. The smallest absolute Gasteiger partial charge is 0.453 e. The molecule has 0 aliphatic heterocycles. The van der Waals surface area contributed by atoms with Crippen LogP contribution in [0.2, 0.25) is 0 Å². The molecule has 0 atom stereocenters. The van der Waals surface area contributed by atoms with E-state index >= 15 is 0 Å². The number of hydrogen-bond acceptors (Lipinski definition) is 2. The molecule has 0 amide bonds. The van der Waals surface area contributed by atoms with Crippen LogP contribution in [0.15, 0.2) is 28.7 Å². The van der Waals surface area contributed by atoms with Crippen LogP contribution in [0.5, 0.6) is 0 Å². The van der Waals surface area contributed by atoms with Gasteiger partial charge in [-0.25, -0.2) is 0 Å². The van der Waals surface area contributed by atoms with Crippen LogP contribution < -0.4 is 0 Å². The summed E-state index contributed by atoms with van der Waals surface area (Å²) in [5, 5.41) is 0.293. The predicted molar refractivity (Wildman–Crippen MR) is 56.3 cm³/mol. The molecule has 102 valence electrons. The van der Waals surface area contributed by atoms with Crippen molar-refractivity contribution in [3.63, 3.8) is 0 Å². The summed E-state index contributed by atoms with van der Waals surface area (Å²) >= 11 is 0. The second kappa shape index (κ2) is 4.04. The van der Waals surface area contributed by atoms with E-state index in [1.165, 1.54) is 12.1 Å². The Labute approximate surface area is 103 Å². The number of alkyl halides is 5. The number of fused-ring (bicyclic) bond motifs is 1. The first-order valence-corrected chi connectivity index (χ1v) is 5.12. The Hall–Kier alpha value is -1.92. The summed E-state index contributed by atoms with van der Waals surface area (Å²) in [4.78, 5) is 11.2. The van der Waals surface area contributed by atoms with Crippen molar-refractivity contribution in [2.75, 3.05) is 0 Å². The van der Waals surface area contributed by atoms with Crippen molar-refractivity contribution in [2.24, 2.45) is 0 Å². The van der Waals surface area contributed by atoms with Crippen molar-refractivity contribution >= 4 is 16.8 Å². The summed E-state index contributed by atoms with van der Waals surface area (Å²) in [7, 11) is 0. The van der Waals surface area contributed by atoms with Crippen LogP contribution in [0, 0.1) is 6.92 Å². The van der Waals surface area contributed by atoms with Gasteiger partial charge in [0.1, 0.15) is 5.58 Å². The third kappa shape index (κ3) is 2.20. The molecule has 0 N–H and O–H groups in total. The van der Waals surface area contributed by atoms with Gasteiger partial charge in [-0.3, -0.25) is 4.79 Å². The monoisotopic (exact) mass is 278 g/mol. The molecule has 2 rings (SSSR count). The minimum absolute atomic E-state index is 0.0759. The lowest BCUT2D eigenvalue weighted by Gasteiger charge is -2.16. The fraction of sp³-hybridized carbons (Fsp3) is 0.250. The highest BCUT2D eigenvalue weighted by molar-refractivity contribution is 6.02. The molecule has 1 aromatic heterocycles. The Morgan fingerprint density at radius 2 is 1.74 bits per heavy atom. The summed E-state index contributed by atoms with van der Waals surface area (Å²) in [5.41, 5.74) is 0.835. The Morgan fingerprint density at radius 3 is 2.32 bits per heavy atom. The number of halogens is 5. The number of aryl methyl sites for hydroxylation is 1. The van der Waals surface area contributed by atoms with E-state index in [4.69, 9.17) is 4.42 Å². The Kier molecular flexibility index (Phi) is 2.87. The van der Waals surface area contributed by atoms with Crippen LogP contribution >= 0.6 is 0 Å². The molecule has 0 fully saturated rings. The van der Waals surface area contributed by atoms with Gasteiger partial charge in [-0.15, -0.1) is 0 Å². The largest absolute Gasteiger partial charge is 0.461 e. The molecule has 0 spiro atoms. The van der Waals surface area contributed by atoms with Crippen LogP contribution in [-0.4, -0.2) is 17.9 Å². The number of furan rings is 1. The third-order valence-corrected chi connectivity index (χ3v) is 2.54. The fourth-order valence-corrected chi connectivity index (χ4v) is 1.56. The third-order valence-electron chi connectivity index (χ3n) is 2.54. The first-order valence-electron chi connectivity index (χ1n) is 5.12. The van der Waals surface area contributed by atoms with E-state index < -0.39 is 23.6 Å². The molecule has 0 aliphatic rings. The van der Waals surface area contributed by atoms with E-state index in [0.717, 1.165) is 11.6 Å². The van der Waals surface area contributed by atoms with Crippen LogP contribution in [-0.2, 0) is 0 Å². The van der Waals surface area contributed by atoms with Crippen molar-refractivity contribution in [2.45, 2.75) is 19.0 Å². The zero-order valence-electron chi connectivity index (χ0n) is 9.52. The van der Waals surface area contributed by atoms with Crippen LogP contribution in [0.25, 0.3) is 11.0 Å². The lowest BCUT2D eigenvalue weighted by Crippen LogP contribution is -2.43. The van der Waals surface area contributed by atoms with E-state index in [9.17, 15) is 26.7 Å². The molecular weight excluding hydrogens is 271 g/mol. The van der Waals surface area contributed by atoms with Gasteiger partial charge in [0.25, 0.3) is 5.78 Å². The van der Waals surface area contributed by atoms with E-state index in [-0.39, 0.29) is 5.58 Å². The molecular formula is C12H7F5O2. The summed E-state index contributed by atoms with van der Waals surface area (Å²) < 4.78 is 66.7. The Morgan fingerprint density at radius 1 is 1.11 bits per heavy atom. The molecule has 2 aromatic rings. The van der Waals surface area contributed by atoms with Crippen molar-refractivity contribution in [1.29, 1.82) is 0 Å². The Balaban J connectivity index is 2.48. The van der Waals surface area contributed by atoms with Crippen molar-refractivity contribution in [3.05, 3.63) is 35.6 Å². The summed E-state index contributed by atoms with van der Waals surface area (Å²) in [6.07, 6.45) is -5.95. The molecule has 2 nitrogen and oxygen atoms in total. The first-order chi connectivity index (χ1) is 8.63. The average molecular weight is 278 g/mol. The highest BCUT2D eigenvalue weighted by Gasteiger charge is 2.64. The maximum absolute atomic E-state index is 12.9. The van der Waals surface area contributed by atoms with Crippen molar-refractivity contribution in [1.82, 2.24) is 0 Å². The summed E-state index contributed by atoms with van der Waals surface area (Å²) in [6.45, 7) is 1.71. The lowest BCUT2D eigenvalue weighted by molar-refractivity contribution is -0.256. The molecule has 0 saturated carbocycles. The highest BCUT2D eigenvalue weighted by Crippen LogP contribution is 2.38. The van der Waals surface area contributed by atoms with Gasteiger partial charge in [0, 0.05) is 5.39 Å². The number of carbonyl (C=O) groups excluding carboxylic acids is 1. The van der Waals surface area contributed by atoms with Gasteiger partial charge in [-0.05, 0) is 25.1 Å². The molecule has 0 bridgehead atoms. The van der Waals surface area contributed by atoms with Gasteiger partial charge >= 0.3 is 12.1 Å². The summed E-state index contributed by atoms with van der Waals surface area (Å²) in [5.74, 6) is -8.87. The average Bonchev–Trinajstić information content (AvgIpc) is 2.68. The van der Waals surface area contributed by atoms with Gasteiger partial charge in [-0.1, -0.05) is 11.6 Å². The summed E-state index contributed by atoms with van der Waals surface area (Å²) in [6, 6.07) is 5.38. The fourth-order valence-electron chi connectivity index (χ4n) is 1.56. The minimum Gasteiger partial charge on any atom is -0.453 e. The van der Waals surface area contributed by atoms with Crippen molar-refractivity contribution in [3.8, 4) is 0 Å². The predicted octanol–water partition coefficient (Wildman–Crippen LogP) is 4.12. The van der Waals surface area contributed by atoms with Gasteiger partial charge in [-0.2, -0.15) is 22.0 Å². The Bertz CT molecular complexity index is 639. The number of carbonyl (C=O) groups is 1. The minimum atomic E-state index is -5.95. The second-order valence-electron chi connectivity index (χ2n) is 4.05. The number of Topliss-reactive ketones (excluding diaryl/α,β-unsaturated/α-hetero) is 1. The molecule has 7 heteroatoms. The SMILES string of the molecule is Cc1ccc2oc(C(=O)C(F)(F)C(F)(F)F)cc2c1.